The minimum atomic E-state index is -3.11. The van der Waals surface area contributed by atoms with E-state index in [0.29, 0.717) is 29.1 Å². The Morgan fingerprint density at radius 2 is 1.69 bits per heavy atom. The molecule has 1 saturated carbocycles. The number of pyridine rings is 1. The molecular weight excluding hydrogens is 565 g/mol. The number of rotatable bonds is 7. The van der Waals surface area contributed by atoms with E-state index in [4.69, 9.17) is 32.7 Å². The molecule has 4 fully saturated rings. The van der Waals surface area contributed by atoms with Crippen LogP contribution in [-0.4, -0.2) is 85.5 Å². The average molecular weight is 599 g/mol. The Morgan fingerprint density at radius 3 is 2.31 bits per heavy atom. The van der Waals surface area contributed by atoms with Crippen LogP contribution in [0.4, 0.5) is 5.95 Å². The highest BCUT2D eigenvalue weighted by Crippen LogP contribution is 2.44. The van der Waals surface area contributed by atoms with Gasteiger partial charge in [-0.1, -0.05) is 23.2 Å². The smallest absolute Gasteiger partial charge is 0.225 e. The fourth-order valence-corrected chi connectivity index (χ4v) is 8.25. The molecule has 2 aromatic rings. The van der Waals surface area contributed by atoms with E-state index in [9.17, 15) is 8.42 Å². The Labute approximate surface area is 238 Å². The zero-order chi connectivity index (χ0) is 27.5. The molecule has 1 aliphatic carbocycles. The number of ether oxygens (including phenoxy) is 2. The Morgan fingerprint density at radius 1 is 1.03 bits per heavy atom. The van der Waals surface area contributed by atoms with Crippen molar-refractivity contribution in [1.29, 1.82) is 0 Å². The van der Waals surface area contributed by atoms with Crippen LogP contribution in [0.3, 0.4) is 0 Å². The molecule has 5 heterocycles. The number of methoxy groups -OCH3 is 1. The lowest BCUT2D eigenvalue weighted by atomic mass is 9.74. The molecule has 11 nitrogen and oxygen atoms in total. The predicted octanol–water partition coefficient (Wildman–Crippen LogP) is 2.35. The molecule has 4 aliphatic rings. The topological polar surface area (TPSA) is 122 Å². The number of hydrazine groups is 1. The summed E-state index contributed by atoms with van der Waals surface area (Å²) in [6.45, 7) is 4.64. The van der Waals surface area contributed by atoms with E-state index < -0.39 is 10.0 Å². The lowest BCUT2D eigenvalue weighted by molar-refractivity contribution is -0.117. The van der Waals surface area contributed by atoms with E-state index in [-0.39, 0.29) is 41.7 Å². The summed E-state index contributed by atoms with van der Waals surface area (Å²) in [5, 5.41) is 0.963. The molecule has 6 atom stereocenters. The Hall–Kier alpha value is -1.64. The van der Waals surface area contributed by atoms with E-state index in [1.54, 1.807) is 19.5 Å². The first-order valence-corrected chi connectivity index (χ1v) is 15.7. The van der Waals surface area contributed by atoms with E-state index in [1.165, 1.54) is 10.6 Å². The third kappa shape index (κ3) is 5.14. The van der Waals surface area contributed by atoms with Gasteiger partial charge in [0.25, 0.3) is 0 Å². The molecule has 3 aliphatic heterocycles. The van der Waals surface area contributed by atoms with Crippen molar-refractivity contribution in [2.75, 3.05) is 44.4 Å². The maximum Gasteiger partial charge on any atom is 0.225 e. The minimum absolute atomic E-state index is 0.0223. The van der Waals surface area contributed by atoms with Gasteiger partial charge in [-0.05, 0) is 25.7 Å². The fraction of sp³-hybridized carbons (Fsp3) is 0.640. The van der Waals surface area contributed by atoms with Crippen LogP contribution in [0.1, 0.15) is 43.0 Å². The maximum atomic E-state index is 11.7. The van der Waals surface area contributed by atoms with Crippen LogP contribution in [0.25, 0.3) is 0 Å². The molecule has 2 N–H and O–H groups in total. The number of aromatic nitrogens is 3. The SMILES string of the molecule is COC1CC2NNC(c3cnc(N4CC5(C4)CN(S(C)(=O)=O)C5)nc3)C2CC1O[C@H](C)c1c(Cl)cncc1Cl. The van der Waals surface area contributed by atoms with Gasteiger partial charge in [-0.25, -0.2) is 28.1 Å². The zero-order valence-corrected chi connectivity index (χ0v) is 24.4. The zero-order valence-electron chi connectivity index (χ0n) is 22.0. The summed E-state index contributed by atoms with van der Waals surface area (Å²) in [6, 6.07) is 0.239. The standard InChI is InChI=1S/C25H33Cl2N7O4S/c1-14(22-17(26)8-28-9-18(22)27)38-21-4-16-19(5-20(21)37-2)31-32-23(16)15-6-29-24(30-7-15)33-10-25(11-33)12-34(13-25)39(3,35)36/h6-9,14,16,19-21,23,31-32H,4-5,10-13H2,1-3H3/t14-,16?,19?,20?,21?,23?/m1/s1. The summed E-state index contributed by atoms with van der Waals surface area (Å²) in [5.74, 6) is 0.921. The normalized spacial score (nSPS) is 31.0. The molecule has 14 heteroatoms. The van der Waals surface area contributed by atoms with Crippen molar-refractivity contribution in [1.82, 2.24) is 30.1 Å². The second-order valence-electron chi connectivity index (χ2n) is 11.3. The molecule has 6 rings (SSSR count). The molecule has 212 valence electrons. The van der Waals surface area contributed by atoms with Crippen LogP contribution in [-0.2, 0) is 19.5 Å². The van der Waals surface area contributed by atoms with Crippen molar-refractivity contribution in [2.45, 2.75) is 50.2 Å². The van der Waals surface area contributed by atoms with Gasteiger partial charge in [0.05, 0.1) is 40.7 Å². The van der Waals surface area contributed by atoms with Crippen molar-refractivity contribution < 1.29 is 17.9 Å². The van der Waals surface area contributed by atoms with Crippen molar-refractivity contribution in [3.05, 3.63) is 46.0 Å². The minimum Gasteiger partial charge on any atom is -0.379 e. The summed E-state index contributed by atoms with van der Waals surface area (Å²) in [6.07, 6.45) is 9.19. The van der Waals surface area contributed by atoms with Gasteiger partial charge in [-0.15, -0.1) is 0 Å². The lowest BCUT2D eigenvalue weighted by Gasteiger charge is -2.59. The van der Waals surface area contributed by atoms with Crippen LogP contribution in [0.15, 0.2) is 24.8 Å². The highest BCUT2D eigenvalue weighted by molar-refractivity contribution is 7.88. The van der Waals surface area contributed by atoms with Crippen molar-refractivity contribution in [3.8, 4) is 0 Å². The molecular formula is C25H33Cl2N7O4S. The summed E-state index contributed by atoms with van der Waals surface area (Å²) in [5.41, 5.74) is 8.65. The first kappa shape index (κ1) is 27.5. The van der Waals surface area contributed by atoms with Crippen molar-refractivity contribution >= 4 is 39.2 Å². The fourth-order valence-electron chi connectivity index (χ4n) is 6.56. The molecule has 0 amide bonds. The number of nitrogens with one attached hydrogen (secondary N) is 2. The molecule has 0 aromatic carbocycles. The van der Waals surface area contributed by atoms with Gasteiger partial charge in [0, 0.05) is 80.7 Å². The van der Waals surface area contributed by atoms with E-state index in [1.807, 2.05) is 19.3 Å². The van der Waals surface area contributed by atoms with Crippen LogP contribution in [0, 0.1) is 11.3 Å². The van der Waals surface area contributed by atoms with Gasteiger partial charge in [0.1, 0.15) is 0 Å². The number of nitrogens with zero attached hydrogens (tertiary/aromatic N) is 5. The van der Waals surface area contributed by atoms with Gasteiger partial charge < -0.3 is 14.4 Å². The second kappa shape index (κ2) is 10.3. The van der Waals surface area contributed by atoms with Crippen molar-refractivity contribution in [3.63, 3.8) is 0 Å². The number of fused-ring (bicyclic) bond motifs is 1. The van der Waals surface area contributed by atoms with Crippen LogP contribution in [0.5, 0.6) is 0 Å². The first-order valence-electron chi connectivity index (χ1n) is 13.1. The molecule has 39 heavy (non-hydrogen) atoms. The van der Waals surface area contributed by atoms with E-state index >= 15 is 0 Å². The van der Waals surface area contributed by atoms with Gasteiger partial charge in [0.2, 0.25) is 16.0 Å². The summed E-state index contributed by atoms with van der Waals surface area (Å²) < 4.78 is 37.3. The molecule has 5 unspecified atom stereocenters. The summed E-state index contributed by atoms with van der Waals surface area (Å²) in [7, 11) is -1.40. The van der Waals surface area contributed by atoms with E-state index in [0.717, 1.165) is 37.1 Å². The third-order valence-corrected chi connectivity index (χ3v) is 10.4. The summed E-state index contributed by atoms with van der Waals surface area (Å²) >= 11 is 12.8. The Kier molecular flexibility index (Phi) is 7.29. The van der Waals surface area contributed by atoms with Gasteiger partial charge >= 0.3 is 0 Å². The first-order chi connectivity index (χ1) is 18.6. The number of anilines is 1. The van der Waals surface area contributed by atoms with Gasteiger partial charge in [-0.2, -0.15) is 0 Å². The van der Waals surface area contributed by atoms with E-state index in [2.05, 4.69) is 30.7 Å². The highest BCUT2D eigenvalue weighted by atomic mass is 35.5. The van der Waals surface area contributed by atoms with Crippen molar-refractivity contribution in [2.24, 2.45) is 11.3 Å². The number of sulfonamides is 1. The monoisotopic (exact) mass is 597 g/mol. The average Bonchev–Trinajstić information content (AvgIpc) is 3.24. The molecule has 0 radical (unpaired) electrons. The van der Waals surface area contributed by atoms with Crippen LogP contribution in [0.2, 0.25) is 10.0 Å². The van der Waals surface area contributed by atoms with Crippen LogP contribution < -0.4 is 15.8 Å². The summed E-state index contributed by atoms with van der Waals surface area (Å²) in [4.78, 5) is 15.5. The number of halogens is 2. The molecule has 1 spiro atoms. The lowest BCUT2D eigenvalue weighted by Crippen LogP contribution is -2.73. The predicted molar refractivity (Wildman–Crippen MR) is 147 cm³/mol. The van der Waals surface area contributed by atoms with Crippen LogP contribution >= 0.6 is 23.2 Å². The Bertz CT molecular complexity index is 1300. The second-order valence-corrected chi connectivity index (χ2v) is 14.1. The largest absolute Gasteiger partial charge is 0.379 e. The number of hydrogen-bond donors (Lipinski definition) is 2. The third-order valence-electron chi connectivity index (χ3n) is 8.60. The number of hydrogen-bond acceptors (Lipinski definition) is 10. The molecule has 2 aromatic heterocycles. The molecule has 0 bridgehead atoms. The highest BCUT2D eigenvalue weighted by Gasteiger charge is 2.55. The van der Waals surface area contributed by atoms with Gasteiger partial charge in [0.15, 0.2) is 0 Å². The van der Waals surface area contributed by atoms with Gasteiger partial charge in [-0.3, -0.25) is 10.4 Å². The quantitative estimate of drug-likeness (QED) is 0.491. The Balaban J connectivity index is 1.10. The maximum absolute atomic E-state index is 11.7. The molecule has 3 saturated heterocycles.